The fraction of sp³-hybridized carbons (Fsp3) is 0.391. The van der Waals surface area contributed by atoms with Crippen LogP contribution in [0.5, 0.6) is 0 Å². The van der Waals surface area contributed by atoms with Gasteiger partial charge in [0, 0.05) is 23.9 Å². The molecular formula is C23H26N6O4. The summed E-state index contributed by atoms with van der Waals surface area (Å²) >= 11 is 0. The summed E-state index contributed by atoms with van der Waals surface area (Å²) in [5, 5.41) is 22.2. The number of anilines is 3. The number of amides is 1. The van der Waals surface area contributed by atoms with Gasteiger partial charge in [0.1, 0.15) is 11.6 Å². The minimum Gasteiger partial charge on any atom is -0.481 e. The lowest BCUT2D eigenvalue weighted by Gasteiger charge is -2.28. The van der Waals surface area contributed by atoms with Gasteiger partial charge in [-0.3, -0.25) is 14.9 Å². The summed E-state index contributed by atoms with van der Waals surface area (Å²) in [6.07, 6.45) is 4.07. The minimum absolute atomic E-state index is 0.0616. The Kier molecular flexibility index (Phi) is 6.62. The van der Waals surface area contributed by atoms with Gasteiger partial charge in [0.15, 0.2) is 0 Å². The van der Waals surface area contributed by atoms with Crippen LogP contribution in [0.25, 0.3) is 0 Å². The highest BCUT2D eigenvalue weighted by Crippen LogP contribution is 2.37. The largest absolute Gasteiger partial charge is 0.481 e. The fourth-order valence-corrected chi connectivity index (χ4v) is 4.23. The zero-order chi connectivity index (χ0) is 23.4. The zero-order valence-corrected chi connectivity index (χ0v) is 18.5. The van der Waals surface area contributed by atoms with Crippen LogP contribution in [0.1, 0.15) is 65.8 Å². The molecule has 1 saturated carbocycles. The Balaban J connectivity index is 1.32. The Labute approximate surface area is 190 Å². The molecule has 1 amide bonds. The first-order chi connectivity index (χ1) is 15.9. The zero-order valence-electron chi connectivity index (χ0n) is 18.5. The number of carboxylic acids is 1. The van der Waals surface area contributed by atoms with Gasteiger partial charge in [-0.25, -0.2) is 9.97 Å². The first-order valence-electron chi connectivity index (χ1n) is 10.9. The summed E-state index contributed by atoms with van der Waals surface area (Å²) in [5.41, 5.74) is 2.61. The van der Waals surface area contributed by atoms with Gasteiger partial charge in [0.2, 0.25) is 0 Å². The molecule has 0 saturated heterocycles. The second-order valence-corrected chi connectivity index (χ2v) is 8.37. The third-order valence-corrected chi connectivity index (χ3v) is 5.77. The molecule has 1 aliphatic rings. The van der Waals surface area contributed by atoms with Crippen molar-refractivity contribution in [1.29, 1.82) is 0 Å². The average molecular weight is 450 g/mol. The molecule has 1 aliphatic carbocycles. The number of hydrogen-bond donors (Lipinski definition) is 3. The Morgan fingerprint density at radius 1 is 1.06 bits per heavy atom. The maximum atomic E-state index is 12.5. The van der Waals surface area contributed by atoms with Crippen LogP contribution >= 0.6 is 0 Å². The SMILES string of the molecule is Cc1cc(Nc2nnc(C(=O)Nc3ccc(C4CCC(CC(=O)O)CC4)cc3)o2)nc(C)n1. The van der Waals surface area contributed by atoms with Gasteiger partial charge in [-0.05, 0) is 69.1 Å². The molecule has 0 bridgehead atoms. The van der Waals surface area contributed by atoms with Gasteiger partial charge in [0.05, 0.1) is 0 Å². The molecule has 2 heterocycles. The van der Waals surface area contributed by atoms with Gasteiger partial charge >= 0.3 is 23.8 Å². The van der Waals surface area contributed by atoms with Crippen molar-refractivity contribution in [3.63, 3.8) is 0 Å². The monoisotopic (exact) mass is 450 g/mol. The van der Waals surface area contributed by atoms with E-state index in [0.29, 0.717) is 23.2 Å². The number of carbonyl (C=O) groups is 2. The number of nitrogens with zero attached hydrogens (tertiary/aromatic N) is 4. The lowest BCUT2D eigenvalue weighted by molar-refractivity contribution is -0.138. The van der Waals surface area contributed by atoms with Crippen LogP contribution in [-0.2, 0) is 4.79 Å². The summed E-state index contributed by atoms with van der Waals surface area (Å²) in [4.78, 5) is 31.8. The number of carboxylic acid groups (broad SMARTS) is 1. The molecule has 33 heavy (non-hydrogen) atoms. The van der Waals surface area contributed by atoms with E-state index in [1.807, 2.05) is 31.2 Å². The van der Waals surface area contributed by atoms with E-state index in [1.54, 1.807) is 13.0 Å². The minimum atomic E-state index is -0.720. The molecule has 1 fully saturated rings. The van der Waals surface area contributed by atoms with Crippen molar-refractivity contribution < 1.29 is 19.1 Å². The van der Waals surface area contributed by atoms with E-state index in [0.717, 1.165) is 31.4 Å². The maximum absolute atomic E-state index is 12.5. The van der Waals surface area contributed by atoms with Crippen molar-refractivity contribution in [2.75, 3.05) is 10.6 Å². The highest BCUT2D eigenvalue weighted by molar-refractivity contribution is 6.00. The van der Waals surface area contributed by atoms with Crippen LogP contribution in [0.4, 0.5) is 17.5 Å². The van der Waals surface area contributed by atoms with Crippen LogP contribution in [0.3, 0.4) is 0 Å². The molecule has 0 radical (unpaired) electrons. The fourth-order valence-electron chi connectivity index (χ4n) is 4.23. The average Bonchev–Trinajstić information content (AvgIpc) is 3.22. The summed E-state index contributed by atoms with van der Waals surface area (Å²) in [7, 11) is 0. The highest BCUT2D eigenvalue weighted by Gasteiger charge is 2.24. The lowest BCUT2D eigenvalue weighted by atomic mass is 9.77. The van der Waals surface area contributed by atoms with Gasteiger partial charge in [-0.1, -0.05) is 17.2 Å². The van der Waals surface area contributed by atoms with Crippen molar-refractivity contribution in [3.05, 3.63) is 53.3 Å². The van der Waals surface area contributed by atoms with E-state index in [1.165, 1.54) is 5.56 Å². The Hall–Kier alpha value is -3.82. The Bertz CT molecular complexity index is 1120. The molecular weight excluding hydrogens is 424 g/mol. The van der Waals surface area contributed by atoms with E-state index in [4.69, 9.17) is 9.52 Å². The smallest absolute Gasteiger partial charge is 0.321 e. The Morgan fingerprint density at radius 2 is 1.79 bits per heavy atom. The van der Waals surface area contributed by atoms with E-state index in [9.17, 15) is 9.59 Å². The van der Waals surface area contributed by atoms with Crippen LogP contribution in [0.2, 0.25) is 0 Å². The van der Waals surface area contributed by atoms with Crippen molar-refractivity contribution in [2.45, 2.75) is 51.9 Å². The number of rotatable bonds is 7. The molecule has 2 aromatic heterocycles. The highest BCUT2D eigenvalue weighted by atomic mass is 16.4. The van der Waals surface area contributed by atoms with Crippen molar-refractivity contribution in [3.8, 4) is 0 Å². The van der Waals surface area contributed by atoms with Gasteiger partial charge in [-0.15, -0.1) is 5.10 Å². The van der Waals surface area contributed by atoms with E-state index >= 15 is 0 Å². The first-order valence-corrected chi connectivity index (χ1v) is 10.9. The number of carbonyl (C=O) groups excluding carboxylic acids is 1. The van der Waals surface area contributed by atoms with Crippen molar-refractivity contribution in [1.82, 2.24) is 20.2 Å². The van der Waals surface area contributed by atoms with Gasteiger partial charge < -0.3 is 14.8 Å². The third kappa shape index (κ3) is 5.91. The number of nitrogens with one attached hydrogen (secondary N) is 2. The number of aromatic nitrogens is 4. The third-order valence-electron chi connectivity index (χ3n) is 5.77. The van der Waals surface area contributed by atoms with Crippen LogP contribution in [-0.4, -0.2) is 37.1 Å². The number of benzene rings is 1. The molecule has 0 spiro atoms. The molecule has 172 valence electrons. The number of aryl methyl sites for hydroxylation is 2. The molecule has 10 nitrogen and oxygen atoms in total. The van der Waals surface area contributed by atoms with E-state index < -0.39 is 11.9 Å². The summed E-state index contributed by atoms with van der Waals surface area (Å²) in [6, 6.07) is 9.48. The maximum Gasteiger partial charge on any atom is 0.321 e. The molecule has 3 N–H and O–H groups in total. The number of hydrogen-bond acceptors (Lipinski definition) is 8. The normalized spacial score (nSPS) is 18.0. The lowest BCUT2D eigenvalue weighted by Crippen LogP contribution is -2.16. The second-order valence-electron chi connectivity index (χ2n) is 8.37. The summed E-state index contributed by atoms with van der Waals surface area (Å²) < 4.78 is 5.41. The predicted molar refractivity (Wildman–Crippen MR) is 120 cm³/mol. The molecule has 0 unspecified atom stereocenters. The van der Waals surface area contributed by atoms with E-state index in [2.05, 4.69) is 30.8 Å². The van der Waals surface area contributed by atoms with Gasteiger partial charge in [-0.2, -0.15) is 0 Å². The molecule has 1 aromatic carbocycles. The first kappa shape index (κ1) is 22.4. The molecule has 0 aliphatic heterocycles. The van der Waals surface area contributed by atoms with Crippen LogP contribution in [0, 0.1) is 19.8 Å². The Morgan fingerprint density at radius 3 is 2.45 bits per heavy atom. The topological polar surface area (TPSA) is 143 Å². The van der Waals surface area contributed by atoms with Crippen molar-refractivity contribution in [2.24, 2.45) is 5.92 Å². The number of aliphatic carboxylic acids is 1. The second kappa shape index (κ2) is 9.76. The van der Waals surface area contributed by atoms with Crippen LogP contribution < -0.4 is 10.6 Å². The molecule has 10 heteroatoms. The summed E-state index contributed by atoms with van der Waals surface area (Å²) in [6.45, 7) is 3.63. The quantitative estimate of drug-likeness (QED) is 0.482. The standard InChI is InChI=1S/C23H26N6O4/c1-13-11-19(25-14(2)24-13)27-23-29-28-22(33-23)21(32)26-18-9-7-17(8-10-18)16-5-3-15(4-6-16)12-20(30)31/h7-11,15-16H,3-6,12H2,1-2H3,(H,26,32)(H,30,31)(H,24,25,27,29). The molecule has 0 atom stereocenters. The summed E-state index contributed by atoms with van der Waals surface area (Å²) in [5.74, 6) is 0.400. The van der Waals surface area contributed by atoms with Crippen LogP contribution in [0.15, 0.2) is 34.7 Å². The predicted octanol–water partition coefficient (Wildman–Crippen LogP) is 4.22. The van der Waals surface area contributed by atoms with Crippen molar-refractivity contribution >= 4 is 29.4 Å². The molecule has 4 rings (SSSR count). The van der Waals surface area contributed by atoms with Gasteiger partial charge in [0.25, 0.3) is 0 Å². The molecule has 3 aromatic rings. The van der Waals surface area contributed by atoms with E-state index in [-0.39, 0.29) is 24.2 Å².